The van der Waals surface area contributed by atoms with Gasteiger partial charge in [0.25, 0.3) is 5.91 Å². The number of hydrogen-bond donors (Lipinski definition) is 2. The van der Waals surface area contributed by atoms with Crippen molar-refractivity contribution in [3.8, 4) is 0 Å². The van der Waals surface area contributed by atoms with Crippen molar-refractivity contribution in [3.05, 3.63) is 35.4 Å². The molecule has 3 rings (SSSR count). The highest BCUT2D eigenvalue weighted by Crippen LogP contribution is 2.36. The molecule has 1 aliphatic heterocycles. The van der Waals surface area contributed by atoms with Crippen LogP contribution in [0.25, 0.3) is 0 Å². The van der Waals surface area contributed by atoms with Gasteiger partial charge in [-0.25, -0.2) is 9.59 Å². The number of carbonyl (C=O) groups excluding carboxylic acids is 2. The van der Waals surface area contributed by atoms with Gasteiger partial charge in [-0.1, -0.05) is 19.1 Å². The van der Waals surface area contributed by atoms with E-state index in [0.29, 0.717) is 24.3 Å². The van der Waals surface area contributed by atoms with E-state index in [2.05, 4.69) is 17.3 Å². The normalized spacial score (nSPS) is 27.0. The van der Waals surface area contributed by atoms with Gasteiger partial charge in [-0.05, 0) is 49.3 Å². The van der Waals surface area contributed by atoms with Gasteiger partial charge in [0, 0.05) is 0 Å². The number of benzene rings is 1. The molecule has 2 N–H and O–H groups in total. The van der Waals surface area contributed by atoms with Crippen LogP contribution < -0.4 is 5.32 Å². The van der Waals surface area contributed by atoms with Crippen molar-refractivity contribution in [2.24, 2.45) is 11.0 Å². The molecular weight excluding hydrogens is 310 g/mol. The van der Waals surface area contributed by atoms with Crippen molar-refractivity contribution in [3.63, 3.8) is 0 Å². The number of nitrogens with zero attached hydrogens (tertiary/aromatic N) is 2. The number of imide groups is 1. The lowest BCUT2D eigenvalue weighted by atomic mass is 9.77. The van der Waals surface area contributed by atoms with Gasteiger partial charge in [0.2, 0.25) is 0 Å². The van der Waals surface area contributed by atoms with Crippen LogP contribution in [0, 0.1) is 5.92 Å². The van der Waals surface area contributed by atoms with Gasteiger partial charge in [-0.3, -0.25) is 4.79 Å². The van der Waals surface area contributed by atoms with Crippen molar-refractivity contribution in [1.29, 1.82) is 0 Å². The molecule has 7 nitrogen and oxygen atoms in total. The molecule has 0 aromatic heterocycles. The van der Waals surface area contributed by atoms with E-state index >= 15 is 0 Å². The number of carboxylic acids is 1. The van der Waals surface area contributed by atoms with Crippen LogP contribution in [0.15, 0.2) is 29.4 Å². The molecule has 0 atom stereocenters. The number of carbonyl (C=O) groups is 3. The molecule has 126 valence electrons. The van der Waals surface area contributed by atoms with Gasteiger partial charge < -0.3 is 10.4 Å². The van der Waals surface area contributed by atoms with Gasteiger partial charge >= 0.3 is 12.0 Å². The summed E-state index contributed by atoms with van der Waals surface area (Å²) in [5, 5.41) is 16.5. The predicted molar refractivity (Wildman–Crippen MR) is 86.7 cm³/mol. The first-order valence-corrected chi connectivity index (χ1v) is 7.95. The van der Waals surface area contributed by atoms with Crippen molar-refractivity contribution in [2.45, 2.75) is 38.1 Å². The lowest BCUT2D eigenvalue weighted by Gasteiger charge is -2.33. The average Bonchev–Trinajstić information content (AvgIpc) is 2.79. The van der Waals surface area contributed by atoms with E-state index in [9.17, 15) is 14.4 Å². The highest BCUT2D eigenvalue weighted by atomic mass is 16.4. The van der Waals surface area contributed by atoms with E-state index in [0.717, 1.165) is 17.9 Å². The Hall–Kier alpha value is -2.70. The van der Waals surface area contributed by atoms with Gasteiger partial charge in [-0.15, -0.1) is 5.01 Å². The van der Waals surface area contributed by atoms with E-state index in [-0.39, 0.29) is 11.5 Å². The Labute approximate surface area is 139 Å². The zero-order valence-electron chi connectivity index (χ0n) is 13.4. The molecule has 0 radical (unpaired) electrons. The molecule has 24 heavy (non-hydrogen) atoms. The average molecular weight is 329 g/mol. The number of hydrogen-bond acceptors (Lipinski definition) is 4. The second-order valence-electron chi connectivity index (χ2n) is 6.48. The molecular formula is C17H19N3O4. The molecule has 3 amide bonds. The summed E-state index contributed by atoms with van der Waals surface area (Å²) < 4.78 is 0. The van der Waals surface area contributed by atoms with Crippen LogP contribution >= 0.6 is 0 Å². The summed E-state index contributed by atoms with van der Waals surface area (Å²) in [6.07, 6.45) is 4.46. The van der Waals surface area contributed by atoms with Crippen LogP contribution in [-0.4, -0.2) is 39.8 Å². The molecule has 1 aliphatic carbocycles. The fraction of sp³-hybridized carbons (Fsp3) is 0.412. The summed E-state index contributed by atoms with van der Waals surface area (Å²) >= 11 is 0. The molecule has 2 fully saturated rings. The zero-order chi connectivity index (χ0) is 17.3. The minimum Gasteiger partial charge on any atom is -0.478 e. The highest BCUT2D eigenvalue weighted by molar-refractivity contribution is 6.07. The molecule has 2 aliphatic rings. The number of nitrogens with one attached hydrogen (secondary N) is 1. The first-order valence-electron chi connectivity index (χ1n) is 7.95. The largest absolute Gasteiger partial charge is 0.478 e. The highest BCUT2D eigenvalue weighted by Gasteiger charge is 2.52. The first kappa shape index (κ1) is 16.2. The van der Waals surface area contributed by atoms with Crippen LogP contribution in [0.1, 0.15) is 48.5 Å². The maximum atomic E-state index is 12.6. The van der Waals surface area contributed by atoms with Crippen molar-refractivity contribution >= 4 is 24.1 Å². The Kier molecular flexibility index (Phi) is 4.09. The molecule has 7 heteroatoms. The fourth-order valence-electron chi connectivity index (χ4n) is 3.14. The second-order valence-corrected chi connectivity index (χ2v) is 6.48. The van der Waals surface area contributed by atoms with E-state index in [4.69, 9.17) is 5.11 Å². The van der Waals surface area contributed by atoms with Gasteiger partial charge in [0.1, 0.15) is 5.54 Å². The molecule has 1 saturated heterocycles. The van der Waals surface area contributed by atoms with Gasteiger partial charge in [0.15, 0.2) is 0 Å². The fourth-order valence-corrected chi connectivity index (χ4v) is 3.14. The molecule has 1 aromatic rings. The third-order valence-corrected chi connectivity index (χ3v) is 4.75. The molecule has 0 unspecified atom stereocenters. The number of carboxylic acid groups (broad SMARTS) is 1. The zero-order valence-corrected chi connectivity index (χ0v) is 13.4. The monoisotopic (exact) mass is 329 g/mol. The first-order chi connectivity index (χ1) is 11.4. The maximum Gasteiger partial charge on any atom is 0.346 e. The molecule has 0 bridgehead atoms. The summed E-state index contributed by atoms with van der Waals surface area (Å²) in [5.74, 6) is -0.760. The molecule has 1 spiro atoms. The van der Waals surface area contributed by atoms with Crippen molar-refractivity contribution in [2.75, 3.05) is 0 Å². The Morgan fingerprint density at radius 1 is 1.29 bits per heavy atom. The van der Waals surface area contributed by atoms with Crippen LogP contribution in [0.2, 0.25) is 0 Å². The summed E-state index contributed by atoms with van der Waals surface area (Å²) in [6.45, 7) is 2.14. The SMILES string of the molecule is CC1CCC2(CC1)NC(=O)N(/N=C/c1ccc(C(=O)O)cc1)C2=O. The Bertz CT molecular complexity index is 703. The van der Waals surface area contributed by atoms with Gasteiger partial charge in [-0.2, -0.15) is 5.10 Å². The lowest BCUT2D eigenvalue weighted by Crippen LogP contribution is -2.49. The van der Waals surface area contributed by atoms with Gasteiger partial charge in [0.05, 0.1) is 11.8 Å². The third-order valence-electron chi connectivity index (χ3n) is 4.75. The summed E-state index contributed by atoms with van der Waals surface area (Å²) in [6, 6.07) is 5.53. The summed E-state index contributed by atoms with van der Waals surface area (Å²) in [4.78, 5) is 35.5. The van der Waals surface area contributed by atoms with E-state index in [1.165, 1.54) is 18.3 Å². The number of rotatable bonds is 3. The van der Waals surface area contributed by atoms with E-state index < -0.39 is 17.5 Å². The van der Waals surface area contributed by atoms with Crippen LogP contribution in [-0.2, 0) is 4.79 Å². The Morgan fingerprint density at radius 2 is 1.92 bits per heavy atom. The minimum absolute atomic E-state index is 0.164. The lowest BCUT2D eigenvalue weighted by molar-refractivity contribution is -0.132. The predicted octanol–water partition coefficient (Wildman–Crippen LogP) is 2.22. The topological polar surface area (TPSA) is 99.1 Å². The third kappa shape index (κ3) is 2.89. The Balaban J connectivity index is 1.74. The number of urea groups is 1. The molecule has 1 saturated carbocycles. The van der Waals surface area contributed by atoms with E-state index in [1.807, 2.05) is 0 Å². The molecule has 1 aromatic carbocycles. The number of hydrazone groups is 1. The number of aromatic carboxylic acids is 1. The maximum absolute atomic E-state index is 12.6. The van der Waals surface area contributed by atoms with Crippen molar-refractivity contribution in [1.82, 2.24) is 10.3 Å². The van der Waals surface area contributed by atoms with Crippen LogP contribution in [0.5, 0.6) is 0 Å². The molecule has 1 heterocycles. The van der Waals surface area contributed by atoms with Crippen molar-refractivity contribution < 1.29 is 19.5 Å². The van der Waals surface area contributed by atoms with Crippen LogP contribution in [0.4, 0.5) is 4.79 Å². The second kappa shape index (κ2) is 6.07. The standard InChI is InChI=1S/C17H19N3O4/c1-11-6-8-17(9-7-11)15(23)20(16(24)19-17)18-10-12-2-4-13(5-3-12)14(21)22/h2-5,10-11H,6-9H2,1H3,(H,19,24)(H,21,22)/b18-10+. The van der Waals surface area contributed by atoms with Crippen LogP contribution in [0.3, 0.4) is 0 Å². The quantitative estimate of drug-likeness (QED) is 0.656. The summed E-state index contributed by atoms with van der Waals surface area (Å²) in [7, 11) is 0. The minimum atomic E-state index is -1.01. The Morgan fingerprint density at radius 3 is 2.50 bits per heavy atom. The summed E-state index contributed by atoms with van der Waals surface area (Å²) in [5.41, 5.74) is -0.0371. The smallest absolute Gasteiger partial charge is 0.346 e. The number of amides is 3. The van der Waals surface area contributed by atoms with E-state index in [1.54, 1.807) is 12.1 Å².